The fraction of sp³-hybridized carbons (Fsp3) is 0.316. The van der Waals surface area contributed by atoms with Gasteiger partial charge < -0.3 is 5.32 Å². The highest BCUT2D eigenvalue weighted by Gasteiger charge is 2.19. The summed E-state index contributed by atoms with van der Waals surface area (Å²) in [7, 11) is -3.66. The summed E-state index contributed by atoms with van der Waals surface area (Å²) in [4.78, 5) is 12.3. The molecule has 0 fully saturated rings. The van der Waals surface area contributed by atoms with E-state index in [-0.39, 0.29) is 16.8 Å². The van der Waals surface area contributed by atoms with Gasteiger partial charge in [-0.3, -0.25) is 4.79 Å². The average molecular weight is 393 g/mol. The molecule has 0 heterocycles. The second kappa shape index (κ2) is 9.21. The van der Waals surface area contributed by atoms with Crippen molar-refractivity contribution in [1.82, 2.24) is 4.72 Å². The third-order valence-electron chi connectivity index (χ3n) is 3.86. The first kappa shape index (κ1) is 20.5. The second-order valence-corrected chi connectivity index (χ2v) is 8.65. The summed E-state index contributed by atoms with van der Waals surface area (Å²) in [6.07, 6.45) is 3.37. The van der Waals surface area contributed by atoms with Gasteiger partial charge in [-0.25, -0.2) is 13.1 Å². The number of sulfonamides is 1. The first-order valence-electron chi connectivity index (χ1n) is 8.33. The number of thioether (sulfide) groups is 1. The van der Waals surface area contributed by atoms with Crippen LogP contribution in [0.15, 0.2) is 58.3 Å². The summed E-state index contributed by atoms with van der Waals surface area (Å²) in [5, 5.41) is 2.68. The summed E-state index contributed by atoms with van der Waals surface area (Å²) in [5.74, 6) is -0.237. The minimum atomic E-state index is -3.66. The van der Waals surface area contributed by atoms with Crippen molar-refractivity contribution in [2.24, 2.45) is 0 Å². The van der Waals surface area contributed by atoms with Crippen molar-refractivity contribution in [3.05, 3.63) is 54.1 Å². The van der Waals surface area contributed by atoms with Crippen LogP contribution in [0, 0.1) is 0 Å². The topological polar surface area (TPSA) is 75.3 Å². The van der Waals surface area contributed by atoms with Gasteiger partial charge >= 0.3 is 0 Å². The summed E-state index contributed by atoms with van der Waals surface area (Å²) >= 11 is 1.45. The Labute approximate surface area is 159 Å². The van der Waals surface area contributed by atoms with Crippen molar-refractivity contribution >= 4 is 33.4 Å². The van der Waals surface area contributed by atoms with Gasteiger partial charge in [-0.05, 0) is 49.8 Å². The van der Waals surface area contributed by atoms with Crippen LogP contribution < -0.4 is 10.0 Å². The normalized spacial score (nSPS) is 12.6. The average Bonchev–Trinajstić information content (AvgIpc) is 2.60. The summed E-state index contributed by atoms with van der Waals surface area (Å²) in [6, 6.07) is 14.5. The maximum atomic E-state index is 12.7. The Morgan fingerprint density at radius 3 is 2.46 bits per heavy atom. The van der Waals surface area contributed by atoms with E-state index in [9.17, 15) is 13.2 Å². The molecule has 0 saturated heterocycles. The van der Waals surface area contributed by atoms with Crippen LogP contribution in [0.5, 0.6) is 0 Å². The molecule has 0 aromatic heterocycles. The van der Waals surface area contributed by atoms with Crippen molar-refractivity contribution in [2.45, 2.75) is 42.5 Å². The summed E-state index contributed by atoms with van der Waals surface area (Å²) in [6.45, 7) is 3.25. The van der Waals surface area contributed by atoms with Crippen molar-refractivity contribution < 1.29 is 13.2 Å². The van der Waals surface area contributed by atoms with E-state index in [1.165, 1.54) is 30.3 Å². The Bertz CT molecular complexity index is 852. The van der Waals surface area contributed by atoms with Crippen LogP contribution in [-0.2, 0) is 21.2 Å². The first-order chi connectivity index (χ1) is 12.3. The van der Waals surface area contributed by atoms with E-state index < -0.39 is 10.0 Å². The predicted octanol–water partition coefficient (Wildman–Crippen LogP) is 3.67. The van der Waals surface area contributed by atoms with Crippen LogP contribution in [0.3, 0.4) is 0 Å². The van der Waals surface area contributed by atoms with Crippen molar-refractivity contribution in [1.29, 1.82) is 0 Å². The van der Waals surface area contributed by atoms with Crippen LogP contribution >= 0.6 is 11.8 Å². The molecule has 2 aromatic carbocycles. The molecule has 140 valence electrons. The molecule has 2 N–H and O–H groups in total. The Morgan fingerprint density at radius 1 is 1.15 bits per heavy atom. The number of carbonyl (C=O) groups excluding carboxylic acids is 1. The standard InChI is InChI=1S/C19H24N2O3S2/c1-14(9-10-16-7-5-4-6-8-16)21-26(23,24)17-11-12-19(25-3)18(13-17)20-15(2)22/h4-8,11-14,21H,9-10H2,1-3H3,(H,20,22). The fourth-order valence-corrected chi connectivity index (χ4v) is 4.40. The molecule has 0 aliphatic heterocycles. The molecular formula is C19H24N2O3S2. The zero-order valence-electron chi connectivity index (χ0n) is 15.2. The van der Waals surface area contributed by atoms with Crippen LogP contribution in [-0.4, -0.2) is 26.6 Å². The molecule has 5 nitrogen and oxygen atoms in total. The monoisotopic (exact) mass is 392 g/mol. The van der Waals surface area contributed by atoms with E-state index in [2.05, 4.69) is 10.0 Å². The molecule has 1 amide bonds. The Morgan fingerprint density at radius 2 is 1.85 bits per heavy atom. The Kier molecular flexibility index (Phi) is 7.25. The van der Waals surface area contributed by atoms with Gasteiger partial charge in [0, 0.05) is 17.9 Å². The van der Waals surface area contributed by atoms with Crippen LogP contribution in [0.25, 0.3) is 0 Å². The molecule has 2 aromatic rings. The van der Waals surface area contributed by atoms with Crippen LogP contribution in [0.1, 0.15) is 25.8 Å². The summed E-state index contributed by atoms with van der Waals surface area (Å²) < 4.78 is 28.0. The van der Waals surface area contributed by atoms with E-state index in [0.29, 0.717) is 12.1 Å². The predicted molar refractivity (Wildman–Crippen MR) is 107 cm³/mol. The maximum absolute atomic E-state index is 12.7. The molecule has 0 aliphatic carbocycles. The maximum Gasteiger partial charge on any atom is 0.240 e. The molecule has 0 spiro atoms. The first-order valence-corrected chi connectivity index (χ1v) is 11.0. The van der Waals surface area contributed by atoms with Gasteiger partial charge in [-0.15, -0.1) is 11.8 Å². The number of aryl methyl sites for hydroxylation is 1. The van der Waals surface area contributed by atoms with Gasteiger partial charge in [0.05, 0.1) is 10.6 Å². The second-order valence-electron chi connectivity index (χ2n) is 6.09. The molecular weight excluding hydrogens is 368 g/mol. The molecule has 1 unspecified atom stereocenters. The molecule has 0 bridgehead atoms. The smallest absolute Gasteiger partial charge is 0.240 e. The number of hydrogen-bond donors (Lipinski definition) is 2. The van der Waals surface area contributed by atoms with Gasteiger partial charge in [-0.2, -0.15) is 0 Å². The number of amides is 1. The molecule has 0 saturated carbocycles. The van der Waals surface area contributed by atoms with E-state index >= 15 is 0 Å². The van der Waals surface area contributed by atoms with Gasteiger partial charge in [0.25, 0.3) is 0 Å². The van der Waals surface area contributed by atoms with E-state index in [1.807, 2.05) is 43.5 Å². The highest BCUT2D eigenvalue weighted by atomic mass is 32.2. The lowest BCUT2D eigenvalue weighted by Gasteiger charge is -2.16. The third-order valence-corrected chi connectivity index (χ3v) is 6.24. The lowest BCUT2D eigenvalue weighted by Crippen LogP contribution is -2.33. The lowest BCUT2D eigenvalue weighted by molar-refractivity contribution is -0.114. The fourth-order valence-electron chi connectivity index (χ4n) is 2.56. The van der Waals surface area contributed by atoms with Crippen LogP contribution in [0.4, 0.5) is 5.69 Å². The minimum absolute atomic E-state index is 0.144. The van der Waals surface area contributed by atoms with E-state index in [1.54, 1.807) is 12.1 Å². The molecule has 0 radical (unpaired) electrons. The molecule has 2 rings (SSSR count). The SMILES string of the molecule is CSc1ccc(S(=O)(=O)NC(C)CCc2ccccc2)cc1NC(C)=O. The highest BCUT2D eigenvalue weighted by molar-refractivity contribution is 7.98. The summed E-state index contributed by atoms with van der Waals surface area (Å²) in [5.41, 5.74) is 1.68. The number of anilines is 1. The number of nitrogens with one attached hydrogen (secondary N) is 2. The van der Waals surface area contributed by atoms with E-state index in [4.69, 9.17) is 0 Å². The van der Waals surface area contributed by atoms with Crippen molar-refractivity contribution in [3.63, 3.8) is 0 Å². The Hall–Kier alpha value is -1.83. The zero-order chi connectivity index (χ0) is 19.2. The number of benzene rings is 2. The quantitative estimate of drug-likeness (QED) is 0.672. The molecule has 7 heteroatoms. The number of hydrogen-bond acceptors (Lipinski definition) is 4. The van der Waals surface area contributed by atoms with E-state index in [0.717, 1.165) is 11.3 Å². The lowest BCUT2D eigenvalue weighted by atomic mass is 10.1. The minimum Gasteiger partial charge on any atom is -0.325 e. The van der Waals surface area contributed by atoms with Gasteiger partial charge in [0.1, 0.15) is 0 Å². The van der Waals surface area contributed by atoms with Crippen molar-refractivity contribution in [2.75, 3.05) is 11.6 Å². The number of carbonyl (C=O) groups is 1. The highest BCUT2D eigenvalue weighted by Crippen LogP contribution is 2.28. The van der Waals surface area contributed by atoms with Crippen molar-refractivity contribution in [3.8, 4) is 0 Å². The third kappa shape index (κ3) is 5.86. The van der Waals surface area contributed by atoms with Gasteiger partial charge in [-0.1, -0.05) is 30.3 Å². The molecule has 26 heavy (non-hydrogen) atoms. The molecule has 0 aliphatic rings. The zero-order valence-corrected chi connectivity index (χ0v) is 16.8. The Balaban J connectivity index is 2.09. The van der Waals surface area contributed by atoms with Crippen LogP contribution in [0.2, 0.25) is 0 Å². The number of rotatable bonds is 8. The van der Waals surface area contributed by atoms with Gasteiger partial charge in [0.15, 0.2) is 0 Å². The largest absolute Gasteiger partial charge is 0.325 e. The van der Waals surface area contributed by atoms with Gasteiger partial charge in [0.2, 0.25) is 15.9 Å². The molecule has 1 atom stereocenters.